The highest BCUT2D eigenvalue weighted by Gasteiger charge is 2.52. The molecule has 3 aliphatic rings. The van der Waals surface area contributed by atoms with Crippen molar-refractivity contribution in [2.24, 2.45) is 0 Å². The van der Waals surface area contributed by atoms with Gasteiger partial charge in [-0.25, -0.2) is 4.79 Å². The van der Waals surface area contributed by atoms with Crippen LogP contribution in [-0.4, -0.2) is 66.8 Å². The maximum Gasteiger partial charge on any atom is 0.325 e. The summed E-state index contributed by atoms with van der Waals surface area (Å²) in [6.07, 6.45) is 4.10. The van der Waals surface area contributed by atoms with E-state index in [1.54, 1.807) is 0 Å². The van der Waals surface area contributed by atoms with Gasteiger partial charge in [-0.1, -0.05) is 12.8 Å². The third-order valence-corrected chi connectivity index (χ3v) is 4.88. The highest BCUT2D eigenvalue weighted by molar-refractivity contribution is 6.09. The fourth-order valence-electron chi connectivity index (χ4n) is 3.57. The van der Waals surface area contributed by atoms with Gasteiger partial charge in [0, 0.05) is 12.6 Å². The molecule has 2 heterocycles. The predicted octanol–water partition coefficient (Wildman–Crippen LogP) is 0.161. The lowest BCUT2D eigenvalue weighted by molar-refractivity contribution is -0.135. The molecule has 24 heavy (non-hydrogen) atoms. The van der Waals surface area contributed by atoms with E-state index in [2.05, 4.69) is 10.6 Å². The van der Waals surface area contributed by atoms with Crippen LogP contribution in [0.15, 0.2) is 0 Å². The summed E-state index contributed by atoms with van der Waals surface area (Å²) in [5, 5.41) is 5.54. The maximum atomic E-state index is 12.5. The van der Waals surface area contributed by atoms with Crippen LogP contribution < -0.4 is 10.6 Å². The highest BCUT2D eigenvalue weighted by Crippen LogP contribution is 2.34. The van der Waals surface area contributed by atoms with E-state index in [9.17, 15) is 14.4 Å². The van der Waals surface area contributed by atoms with Gasteiger partial charge in [0.2, 0.25) is 5.91 Å². The zero-order valence-corrected chi connectivity index (χ0v) is 14.0. The summed E-state index contributed by atoms with van der Waals surface area (Å²) in [7, 11) is 0. The number of ether oxygens (including phenoxy) is 2. The van der Waals surface area contributed by atoms with Crippen LogP contribution in [0, 0.1) is 0 Å². The van der Waals surface area contributed by atoms with E-state index in [1.165, 1.54) is 0 Å². The molecule has 2 N–H and O–H groups in total. The summed E-state index contributed by atoms with van der Waals surface area (Å²) >= 11 is 0. The van der Waals surface area contributed by atoms with Crippen molar-refractivity contribution in [2.45, 2.75) is 56.7 Å². The Morgan fingerprint density at radius 3 is 2.88 bits per heavy atom. The lowest BCUT2D eigenvalue weighted by Gasteiger charge is -2.21. The molecule has 4 amide bonds. The molecule has 1 spiro atoms. The quantitative estimate of drug-likeness (QED) is 0.672. The number of carbonyl (C=O) groups excluding carboxylic acids is 3. The first-order chi connectivity index (χ1) is 11.5. The molecule has 2 aliphatic heterocycles. The average Bonchev–Trinajstić information content (AvgIpc) is 3.25. The van der Waals surface area contributed by atoms with E-state index in [0.29, 0.717) is 32.7 Å². The van der Waals surface area contributed by atoms with Gasteiger partial charge in [0.25, 0.3) is 5.91 Å². The van der Waals surface area contributed by atoms with Crippen molar-refractivity contribution in [1.82, 2.24) is 15.5 Å². The van der Waals surface area contributed by atoms with Crippen molar-refractivity contribution in [2.75, 3.05) is 26.4 Å². The number of hydrogen-bond acceptors (Lipinski definition) is 5. The number of urea groups is 1. The molecule has 1 aliphatic carbocycles. The second-order valence-electron chi connectivity index (χ2n) is 6.90. The Bertz CT molecular complexity index is 512. The van der Waals surface area contributed by atoms with E-state index < -0.39 is 11.6 Å². The Kier molecular flexibility index (Phi) is 5.05. The van der Waals surface area contributed by atoms with Gasteiger partial charge in [0.1, 0.15) is 12.1 Å². The maximum absolute atomic E-state index is 12.5. The topological polar surface area (TPSA) is 97.0 Å². The Morgan fingerprint density at radius 1 is 1.46 bits per heavy atom. The monoisotopic (exact) mass is 339 g/mol. The molecule has 0 aromatic carbocycles. The smallest absolute Gasteiger partial charge is 0.325 e. The Labute approximate surface area is 141 Å². The van der Waals surface area contributed by atoms with Gasteiger partial charge in [0.15, 0.2) is 0 Å². The summed E-state index contributed by atoms with van der Waals surface area (Å²) in [5.41, 5.74) is -0.769. The lowest BCUT2D eigenvalue weighted by Crippen LogP contribution is -2.47. The molecule has 8 nitrogen and oxygen atoms in total. The van der Waals surface area contributed by atoms with Crippen LogP contribution in [0.2, 0.25) is 0 Å². The molecule has 3 fully saturated rings. The van der Waals surface area contributed by atoms with E-state index in [4.69, 9.17) is 9.47 Å². The van der Waals surface area contributed by atoms with Gasteiger partial charge >= 0.3 is 6.03 Å². The second kappa shape index (κ2) is 7.06. The number of nitrogens with one attached hydrogen (secondary N) is 2. The summed E-state index contributed by atoms with van der Waals surface area (Å²) in [5.74, 6) is -0.625. The first-order valence-electron chi connectivity index (χ1n) is 8.63. The van der Waals surface area contributed by atoms with Gasteiger partial charge in [-0.3, -0.25) is 14.5 Å². The number of rotatable bonds is 6. The van der Waals surface area contributed by atoms with Crippen LogP contribution in [0.5, 0.6) is 0 Å². The van der Waals surface area contributed by atoms with Crippen LogP contribution in [0.25, 0.3) is 0 Å². The second-order valence-corrected chi connectivity index (χ2v) is 6.90. The van der Waals surface area contributed by atoms with Gasteiger partial charge in [0.05, 0.1) is 19.3 Å². The zero-order valence-electron chi connectivity index (χ0n) is 14.0. The van der Waals surface area contributed by atoms with Gasteiger partial charge in [-0.05, 0) is 26.2 Å². The molecule has 3 rings (SSSR count). The first kappa shape index (κ1) is 17.2. The van der Waals surface area contributed by atoms with Crippen LogP contribution in [-0.2, 0) is 19.1 Å². The van der Waals surface area contributed by atoms with Crippen molar-refractivity contribution >= 4 is 17.8 Å². The molecule has 1 saturated carbocycles. The van der Waals surface area contributed by atoms with E-state index in [1.807, 2.05) is 6.92 Å². The molecule has 0 bridgehead atoms. The van der Waals surface area contributed by atoms with Crippen molar-refractivity contribution < 1.29 is 23.9 Å². The standard InChI is InChI=1S/C16H25N3O5/c1-11(9-24-12-4-7-23-10-12)17-13(20)8-19-14(21)16(18-15(19)22)5-2-3-6-16/h11-12H,2-10H2,1H3,(H,17,20)(H,18,22)/t11-,12-/m0/s1. The third-order valence-electron chi connectivity index (χ3n) is 4.88. The predicted molar refractivity (Wildman–Crippen MR) is 84.2 cm³/mol. The minimum absolute atomic E-state index is 0.0810. The zero-order chi connectivity index (χ0) is 17.2. The summed E-state index contributed by atoms with van der Waals surface area (Å²) < 4.78 is 10.9. The van der Waals surface area contributed by atoms with Crippen molar-refractivity contribution in [3.63, 3.8) is 0 Å². The van der Waals surface area contributed by atoms with Crippen LogP contribution in [0.4, 0.5) is 4.79 Å². The third kappa shape index (κ3) is 3.54. The molecule has 134 valence electrons. The molecule has 0 aromatic rings. The van der Waals surface area contributed by atoms with Crippen molar-refractivity contribution in [3.8, 4) is 0 Å². The van der Waals surface area contributed by atoms with Gasteiger partial charge in [-0.2, -0.15) is 0 Å². The average molecular weight is 339 g/mol. The summed E-state index contributed by atoms with van der Waals surface area (Å²) in [6.45, 7) is 3.26. The van der Waals surface area contributed by atoms with Crippen LogP contribution >= 0.6 is 0 Å². The fourth-order valence-corrected chi connectivity index (χ4v) is 3.57. The van der Waals surface area contributed by atoms with Crippen LogP contribution in [0.3, 0.4) is 0 Å². The van der Waals surface area contributed by atoms with Crippen molar-refractivity contribution in [1.29, 1.82) is 0 Å². The number of nitrogens with zero attached hydrogens (tertiary/aromatic N) is 1. The number of imide groups is 1. The Balaban J connectivity index is 1.45. The Hall–Kier alpha value is -1.67. The molecule has 2 atom stereocenters. The normalized spacial score (nSPS) is 26.9. The molecular formula is C16H25N3O5. The molecule has 0 aromatic heterocycles. The summed E-state index contributed by atoms with van der Waals surface area (Å²) in [4.78, 5) is 37.7. The van der Waals surface area contributed by atoms with E-state index in [0.717, 1.165) is 24.2 Å². The molecule has 2 saturated heterocycles. The lowest BCUT2D eigenvalue weighted by atomic mass is 9.98. The number of amides is 4. The van der Waals surface area contributed by atoms with Crippen molar-refractivity contribution in [3.05, 3.63) is 0 Å². The molecule has 0 radical (unpaired) electrons. The Morgan fingerprint density at radius 2 is 2.21 bits per heavy atom. The minimum atomic E-state index is -0.769. The molecular weight excluding hydrogens is 314 g/mol. The van der Waals surface area contributed by atoms with Gasteiger partial charge < -0.3 is 20.1 Å². The molecule has 0 unspecified atom stereocenters. The first-order valence-corrected chi connectivity index (χ1v) is 8.63. The highest BCUT2D eigenvalue weighted by atomic mass is 16.5. The SMILES string of the molecule is C[C@@H](CO[C@H]1CCOC1)NC(=O)CN1C(=O)NC2(CCCC2)C1=O. The number of hydrogen-bond donors (Lipinski definition) is 2. The van der Waals surface area contributed by atoms with E-state index >= 15 is 0 Å². The fraction of sp³-hybridized carbons (Fsp3) is 0.812. The number of carbonyl (C=O) groups is 3. The van der Waals surface area contributed by atoms with Crippen LogP contribution in [0.1, 0.15) is 39.0 Å². The largest absolute Gasteiger partial charge is 0.379 e. The van der Waals surface area contributed by atoms with Gasteiger partial charge in [-0.15, -0.1) is 0 Å². The summed E-state index contributed by atoms with van der Waals surface area (Å²) in [6, 6.07) is -0.664. The molecule has 8 heteroatoms. The van der Waals surface area contributed by atoms with E-state index in [-0.39, 0.29) is 30.5 Å². The minimum Gasteiger partial charge on any atom is -0.379 e.